The third kappa shape index (κ3) is 5.56. The van der Waals surface area contributed by atoms with E-state index in [9.17, 15) is 4.79 Å². The van der Waals surface area contributed by atoms with Crippen molar-refractivity contribution >= 4 is 5.91 Å². The van der Waals surface area contributed by atoms with Gasteiger partial charge in [0, 0.05) is 26.2 Å². The van der Waals surface area contributed by atoms with Crippen molar-refractivity contribution < 1.29 is 4.79 Å². The van der Waals surface area contributed by atoms with E-state index < -0.39 is 6.04 Å². The summed E-state index contributed by atoms with van der Waals surface area (Å²) in [5.41, 5.74) is 12.4. The van der Waals surface area contributed by atoms with Gasteiger partial charge in [-0.15, -0.1) is 0 Å². The monoisotopic (exact) mass is 475 g/mol. The molecule has 1 saturated heterocycles. The summed E-state index contributed by atoms with van der Waals surface area (Å²) in [6.07, 6.45) is 0.546. The lowest BCUT2D eigenvalue weighted by atomic mass is 9.96. The minimum Gasteiger partial charge on any atom is -0.339 e. The summed E-state index contributed by atoms with van der Waals surface area (Å²) in [5, 5.41) is 0. The van der Waals surface area contributed by atoms with Crippen LogP contribution in [0.1, 0.15) is 22.7 Å². The van der Waals surface area contributed by atoms with E-state index in [1.165, 1.54) is 22.3 Å². The van der Waals surface area contributed by atoms with Gasteiger partial charge in [0.15, 0.2) is 0 Å². The zero-order chi connectivity index (χ0) is 24.7. The summed E-state index contributed by atoms with van der Waals surface area (Å²) in [4.78, 5) is 17.6. The standard InChI is InChI=1S/C32H33N3O/c33-30(24-25-16-18-27(19-17-25)26-10-4-1-5-11-26)32(36)35-22-20-34(21-23-35)31(28-12-6-2-7-13-28)29-14-8-3-9-15-29/h1-19,30-31H,20-24,33H2. The molecule has 0 bridgehead atoms. The lowest BCUT2D eigenvalue weighted by molar-refractivity contribution is -0.134. The minimum atomic E-state index is -0.529. The highest BCUT2D eigenvalue weighted by Crippen LogP contribution is 2.29. The van der Waals surface area contributed by atoms with Crippen LogP contribution in [0, 0.1) is 0 Å². The summed E-state index contributed by atoms with van der Waals surface area (Å²) in [5.74, 6) is 0.0396. The number of rotatable bonds is 7. The van der Waals surface area contributed by atoms with Gasteiger partial charge in [0.05, 0.1) is 12.1 Å². The third-order valence-electron chi connectivity index (χ3n) is 7.06. The van der Waals surface area contributed by atoms with Crippen LogP contribution in [0.25, 0.3) is 11.1 Å². The van der Waals surface area contributed by atoms with Crippen molar-refractivity contribution in [3.8, 4) is 11.1 Å². The van der Waals surface area contributed by atoms with Gasteiger partial charge in [-0.3, -0.25) is 9.69 Å². The van der Waals surface area contributed by atoms with Crippen LogP contribution in [0.5, 0.6) is 0 Å². The highest BCUT2D eigenvalue weighted by molar-refractivity contribution is 5.82. The first kappa shape index (κ1) is 24.0. The second kappa shape index (κ2) is 11.3. The van der Waals surface area contributed by atoms with Crippen molar-refractivity contribution in [1.82, 2.24) is 9.80 Å². The molecule has 1 amide bonds. The number of carbonyl (C=O) groups excluding carboxylic acids is 1. The SMILES string of the molecule is NC(Cc1ccc(-c2ccccc2)cc1)C(=O)N1CCN(C(c2ccccc2)c2ccccc2)CC1. The normalized spacial score (nSPS) is 15.1. The van der Waals surface area contributed by atoms with Gasteiger partial charge in [0.2, 0.25) is 5.91 Å². The van der Waals surface area contributed by atoms with E-state index in [1.54, 1.807) is 0 Å². The summed E-state index contributed by atoms with van der Waals surface area (Å²) in [6, 6.07) is 39.6. The molecule has 1 aliphatic heterocycles. The summed E-state index contributed by atoms with van der Waals surface area (Å²) >= 11 is 0. The molecule has 1 unspecified atom stereocenters. The lowest BCUT2D eigenvalue weighted by Gasteiger charge is -2.40. The maximum atomic E-state index is 13.2. The number of hydrogen-bond acceptors (Lipinski definition) is 3. The number of hydrogen-bond donors (Lipinski definition) is 1. The molecular weight excluding hydrogens is 442 g/mol. The maximum absolute atomic E-state index is 13.2. The topological polar surface area (TPSA) is 49.6 Å². The molecule has 0 aliphatic carbocycles. The summed E-state index contributed by atoms with van der Waals surface area (Å²) in [7, 11) is 0. The van der Waals surface area contributed by atoms with Gasteiger partial charge >= 0.3 is 0 Å². The molecule has 4 nitrogen and oxygen atoms in total. The highest BCUT2D eigenvalue weighted by Gasteiger charge is 2.30. The van der Waals surface area contributed by atoms with Crippen LogP contribution in [0.4, 0.5) is 0 Å². The van der Waals surface area contributed by atoms with Gasteiger partial charge in [0.25, 0.3) is 0 Å². The van der Waals surface area contributed by atoms with Crippen LogP contribution in [-0.2, 0) is 11.2 Å². The average Bonchev–Trinajstić information content (AvgIpc) is 2.95. The Morgan fingerprint density at radius 2 is 1.11 bits per heavy atom. The van der Waals surface area contributed by atoms with Gasteiger partial charge in [-0.05, 0) is 34.2 Å². The van der Waals surface area contributed by atoms with Crippen LogP contribution in [0.15, 0.2) is 115 Å². The fourth-order valence-electron chi connectivity index (χ4n) is 5.12. The molecule has 4 heteroatoms. The first-order valence-electron chi connectivity index (χ1n) is 12.7. The van der Waals surface area contributed by atoms with E-state index in [0.717, 1.165) is 18.7 Å². The first-order chi connectivity index (χ1) is 17.7. The molecule has 0 radical (unpaired) electrons. The Morgan fingerprint density at radius 3 is 1.64 bits per heavy atom. The smallest absolute Gasteiger partial charge is 0.239 e. The van der Waals surface area contributed by atoms with Crippen molar-refractivity contribution in [1.29, 1.82) is 0 Å². The van der Waals surface area contributed by atoms with E-state index in [2.05, 4.69) is 102 Å². The molecule has 0 spiro atoms. The van der Waals surface area contributed by atoms with Crippen molar-refractivity contribution in [3.05, 3.63) is 132 Å². The Hall–Kier alpha value is -3.73. The fourth-order valence-corrected chi connectivity index (χ4v) is 5.12. The number of piperazine rings is 1. The van der Waals surface area contributed by atoms with E-state index >= 15 is 0 Å². The van der Waals surface area contributed by atoms with Crippen molar-refractivity contribution in [3.63, 3.8) is 0 Å². The highest BCUT2D eigenvalue weighted by atomic mass is 16.2. The van der Waals surface area contributed by atoms with Crippen LogP contribution >= 0.6 is 0 Å². The van der Waals surface area contributed by atoms with Gasteiger partial charge in [-0.1, -0.05) is 115 Å². The number of carbonyl (C=O) groups is 1. The number of nitrogens with two attached hydrogens (primary N) is 1. The predicted molar refractivity (Wildman–Crippen MR) is 146 cm³/mol. The fraction of sp³-hybridized carbons (Fsp3) is 0.219. The molecule has 5 rings (SSSR count). The molecule has 36 heavy (non-hydrogen) atoms. The second-order valence-corrected chi connectivity index (χ2v) is 9.46. The molecular formula is C32H33N3O. The second-order valence-electron chi connectivity index (χ2n) is 9.46. The molecule has 0 aromatic heterocycles. The van der Waals surface area contributed by atoms with Gasteiger partial charge in [-0.2, -0.15) is 0 Å². The van der Waals surface area contributed by atoms with Gasteiger partial charge in [-0.25, -0.2) is 0 Å². The summed E-state index contributed by atoms with van der Waals surface area (Å²) in [6.45, 7) is 3.02. The number of benzene rings is 4. The van der Waals surface area contributed by atoms with Crippen LogP contribution in [0.2, 0.25) is 0 Å². The van der Waals surface area contributed by atoms with Gasteiger partial charge < -0.3 is 10.6 Å². The van der Waals surface area contributed by atoms with Gasteiger partial charge in [0.1, 0.15) is 0 Å². The van der Waals surface area contributed by atoms with E-state index in [1.807, 2.05) is 23.1 Å². The Labute approximate surface area is 214 Å². The molecule has 1 aliphatic rings. The first-order valence-corrected chi connectivity index (χ1v) is 12.7. The molecule has 1 atom stereocenters. The zero-order valence-corrected chi connectivity index (χ0v) is 20.5. The molecule has 2 N–H and O–H groups in total. The van der Waals surface area contributed by atoms with Crippen molar-refractivity contribution in [2.24, 2.45) is 5.73 Å². The minimum absolute atomic E-state index is 0.0396. The van der Waals surface area contributed by atoms with E-state index in [0.29, 0.717) is 19.5 Å². The largest absolute Gasteiger partial charge is 0.339 e. The molecule has 182 valence electrons. The Bertz CT molecular complexity index is 1200. The summed E-state index contributed by atoms with van der Waals surface area (Å²) < 4.78 is 0. The predicted octanol–water partition coefficient (Wildman–Crippen LogP) is 5.16. The molecule has 1 fully saturated rings. The number of amides is 1. The van der Waals surface area contributed by atoms with Crippen LogP contribution < -0.4 is 5.73 Å². The van der Waals surface area contributed by atoms with E-state index in [4.69, 9.17) is 5.73 Å². The quantitative estimate of drug-likeness (QED) is 0.402. The average molecular weight is 476 g/mol. The van der Waals surface area contributed by atoms with Crippen molar-refractivity contribution in [2.75, 3.05) is 26.2 Å². The lowest BCUT2D eigenvalue weighted by Crippen LogP contribution is -2.54. The molecule has 4 aromatic rings. The molecule has 0 saturated carbocycles. The third-order valence-corrected chi connectivity index (χ3v) is 7.06. The Morgan fingerprint density at radius 1 is 0.639 bits per heavy atom. The van der Waals surface area contributed by atoms with Crippen LogP contribution in [-0.4, -0.2) is 47.9 Å². The zero-order valence-electron chi connectivity index (χ0n) is 20.5. The Balaban J connectivity index is 1.20. The van der Waals surface area contributed by atoms with E-state index in [-0.39, 0.29) is 11.9 Å². The molecule has 4 aromatic carbocycles. The van der Waals surface area contributed by atoms with Crippen molar-refractivity contribution in [2.45, 2.75) is 18.5 Å². The molecule has 1 heterocycles. The Kier molecular flexibility index (Phi) is 7.55. The van der Waals surface area contributed by atoms with Crippen LogP contribution in [0.3, 0.4) is 0 Å². The maximum Gasteiger partial charge on any atom is 0.239 e. The number of nitrogens with zero attached hydrogens (tertiary/aromatic N) is 2.